The van der Waals surface area contributed by atoms with Gasteiger partial charge in [-0.1, -0.05) is 18.7 Å². The monoisotopic (exact) mass is 152 g/mol. The Morgan fingerprint density at radius 1 is 1.36 bits per heavy atom. The molecule has 0 aliphatic heterocycles. The Hall–Kier alpha value is -1.31. The third-order valence-corrected chi connectivity index (χ3v) is 1.32. The van der Waals surface area contributed by atoms with Gasteiger partial charge < -0.3 is 5.11 Å². The van der Waals surface area contributed by atoms with Gasteiger partial charge >= 0.3 is 0 Å². The molecule has 0 aliphatic carbocycles. The summed E-state index contributed by atoms with van der Waals surface area (Å²) in [5, 5.41) is 8.79. The Kier molecular flexibility index (Phi) is 2.26. The normalized spacial score (nSPS) is 9.55. The van der Waals surface area contributed by atoms with Gasteiger partial charge in [0.2, 0.25) is 0 Å². The van der Waals surface area contributed by atoms with Gasteiger partial charge in [-0.2, -0.15) is 0 Å². The van der Waals surface area contributed by atoms with E-state index in [4.69, 9.17) is 5.11 Å². The summed E-state index contributed by atoms with van der Waals surface area (Å²) >= 11 is 0. The molecule has 0 bridgehead atoms. The molecular formula is C9H9FO. The minimum atomic E-state index is -0.266. The van der Waals surface area contributed by atoms with E-state index in [2.05, 4.69) is 6.58 Å². The van der Waals surface area contributed by atoms with Crippen LogP contribution in [0.2, 0.25) is 0 Å². The van der Waals surface area contributed by atoms with Crippen molar-refractivity contribution in [2.45, 2.75) is 6.42 Å². The summed E-state index contributed by atoms with van der Waals surface area (Å²) in [5.74, 6) is -0.172. The summed E-state index contributed by atoms with van der Waals surface area (Å²) in [4.78, 5) is 0. The zero-order valence-corrected chi connectivity index (χ0v) is 6.05. The Bertz CT molecular complexity index is 251. The first-order valence-corrected chi connectivity index (χ1v) is 3.29. The summed E-state index contributed by atoms with van der Waals surface area (Å²) in [5.41, 5.74) is 0.860. The van der Waals surface area contributed by atoms with E-state index in [0.29, 0.717) is 6.42 Å². The molecule has 0 saturated heterocycles. The number of allylic oxidation sites excluding steroid dienone is 1. The maximum atomic E-state index is 12.3. The van der Waals surface area contributed by atoms with Crippen molar-refractivity contribution in [1.29, 1.82) is 0 Å². The van der Waals surface area contributed by atoms with Crippen LogP contribution >= 0.6 is 0 Å². The summed E-state index contributed by atoms with van der Waals surface area (Å²) in [6, 6.07) is 5.96. The molecular weight excluding hydrogens is 143 g/mol. The fourth-order valence-corrected chi connectivity index (χ4v) is 0.838. The molecule has 0 radical (unpaired) electrons. The first-order chi connectivity index (χ1) is 5.18. The average Bonchev–Trinajstić information content (AvgIpc) is 1.93. The molecule has 2 heteroatoms. The molecule has 11 heavy (non-hydrogen) atoms. The van der Waals surface area contributed by atoms with Crippen LogP contribution in [0, 0.1) is 5.82 Å². The third kappa shape index (κ3) is 2.42. The Morgan fingerprint density at radius 2 is 1.91 bits per heavy atom. The highest BCUT2D eigenvalue weighted by Crippen LogP contribution is 2.05. The van der Waals surface area contributed by atoms with Crippen molar-refractivity contribution in [3.8, 4) is 0 Å². The first-order valence-electron chi connectivity index (χ1n) is 3.29. The average molecular weight is 152 g/mol. The molecule has 0 unspecified atom stereocenters. The van der Waals surface area contributed by atoms with E-state index in [1.54, 1.807) is 12.1 Å². The second-order valence-electron chi connectivity index (χ2n) is 2.37. The van der Waals surface area contributed by atoms with Crippen molar-refractivity contribution in [2.24, 2.45) is 0 Å². The summed E-state index contributed by atoms with van der Waals surface area (Å²) in [7, 11) is 0. The minimum absolute atomic E-state index is 0.0941. The number of hydrogen-bond donors (Lipinski definition) is 1. The van der Waals surface area contributed by atoms with Crippen molar-refractivity contribution in [3.63, 3.8) is 0 Å². The third-order valence-electron chi connectivity index (χ3n) is 1.32. The summed E-state index contributed by atoms with van der Waals surface area (Å²) in [6.07, 6.45) is 0.389. The van der Waals surface area contributed by atoms with Crippen LogP contribution < -0.4 is 0 Å². The SMILES string of the molecule is C=C(O)Cc1ccc(F)cc1. The summed E-state index contributed by atoms with van der Waals surface area (Å²) < 4.78 is 12.3. The smallest absolute Gasteiger partial charge is 0.123 e. The molecule has 58 valence electrons. The number of hydrogen-bond acceptors (Lipinski definition) is 1. The number of aliphatic hydroxyl groups is 1. The van der Waals surface area contributed by atoms with Gasteiger partial charge in [-0.15, -0.1) is 0 Å². The van der Waals surface area contributed by atoms with Gasteiger partial charge in [0.05, 0.1) is 5.76 Å². The predicted molar refractivity (Wildman–Crippen MR) is 41.9 cm³/mol. The standard InChI is InChI=1S/C9H9FO/c1-7(11)6-8-2-4-9(10)5-3-8/h2-5,11H,1,6H2. The van der Waals surface area contributed by atoms with Gasteiger partial charge in [0.1, 0.15) is 5.82 Å². The predicted octanol–water partition coefficient (Wildman–Crippen LogP) is 2.44. The zero-order valence-electron chi connectivity index (χ0n) is 6.05. The van der Waals surface area contributed by atoms with Crippen LogP contribution in [0.1, 0.15) is 5.56 Å². The maximum Gasteiger partial charge on any atom is 0.123 e. The van der Waals surface area contributed by atoms with Crippen molar-refractivity contribution < 1.29 is 9.50 Å². The zero-order chi connectivity index (χ0) is 8.27. The molecule has 0 fully saturated rings. The fourth-order valence-electron chi connectivity index (χ4n) is 0.838. The molecule has 0 spiro atoms. The van der Waals surface area contributed by atoms with E-state index in [0.717, 1.165) is 5.56 Å². The van der Waals surface area contributed by atoms with E-state index in [9.17, 15) is 4.39 Å². The number of aliphatic hydroxyl groups excluding tert-OH is 1. The Labute approximate surface area is 64.8 Å². The maximum absolute atomic E-state index is 12.3. The van der Waals surface area contributed by atoms with Crippen LogP contribution in [0.3, 0.4) is 0 Å². The van der Waals surface area contributed by atoms with Gasteiger partial charge in [-0.25, -0.2) is 4.39 Å². The van der Waals surface area contributed by atoms with Gasteiger partial charge in [0.15, 0.2) is 0 Å². The lowest BCUT2D eigenvalue weighted by Gasteiger charge is -1.97. The largest absolute Gasteiger partial charge is 0.513 e. The molecule has 0 heterocycles. The van der Waals surface area contributed by atoms with E-state index in [1.165, 1.54) is 12.1 Å². The number of rotatable bonds is 2. The van der Waals surface area contributed by atoms with E-state index >= 15 is 0 Å². The molecule has 0 saturated carbocycles. The number of halogens is 1. The van der Waals surface area contributed by atoms with Crippen LogP contribution in [-0.4, -0.2) is 5.11 Å². The molecule has 0 amide bonds. The quantitative estimate of drug-likeness (QED) is 0.645. The van der Waals surface area contributed by atoms with Crippen molar-refractivity contribution in [3.05, 3.63) is 48.0 Å². The molecule has 0 aliphatic rings. The molecule has 1 aromatic carbocycles. The van der Waals surface area contributed by atoms with Crippen LogP contribution in [0.5, 0.6) is 0 Å². The van der Waals surface area contributed by atoms with Crippen LogP contribution in [0.15, 0.2) is 36.6 Å². The lowest BCUT2D eigenvalue weighted by Crippen LogP contribution is -1.87. The molecule has 1 aromatic rings. The van der Waals surface area contributed by atoms with Gasteiger partial charge in [-0.05, 0) is 17.7 Å². The van der Waals surface area contributed by atoms with Crippen molar-refractivity contribution in [1.82, 2.24) is 0 Å². The molecule has 0 aromatic heterocycles. The first kappa shape index (κ1) is 7.79. The molecule has 0 atom stereocenters. The Morgan fingerprint density at radius 3 is 2.36 bits per heavy atom. The second kappa shape index (κ2) is 3.19. The molecule has 1 nitrogen and oxygen atoms in total. The van der Waals surface area contributed by atoms with Gasteiger partial charge in [0.25, 0.3) is 0 Å². The minimum Gasteiger partial charge on any atom is -0.513 e. The lowest BCUT2D eigenvalue weighted by atomic mass is 10.1. The summed E-state index contributed by atoms with van der Waals surface area (Å²) in [6.45, 7) is 3.33. The van der Waals surface area contributed by atoms with E-state index in [-0.39, 0.29) is 11.6 Å². The topological polar surface area (TPSA) is 20.2 Å². The van der Waals surface area contributed by atoms with Crippen molar-refractivity contribution >= 4 is 0 Å². The highest BCUT2D eigenvalue weighted by molar-refractivity contribution is 5.19. The van der Waals surface area contributed by atoms with Gasteiger partial charge in [0, 0.05) is 6.42 Å². The molecule has 1 rings (SSSR count). The lowest BCUT2D eigenvalue weighted by molar-refractivity contribution is 0.401. The highest BCUT2D eigenvalue weighted by atomic mass is 19.1. The van der Waals surface area contributed by atoms with Crippen molar-refractivity contribution in [2.75, 3.05) is 0 Å². The second-order valence-corrected chi connectivity index (χ2v) is 2.37. The van der Waals surface area contributed by atoms with Crippen LogP contribution in [-0.2, 0) is 6.42 Å². The molecule has 1 N–H and O–H groups in total. The van der Waals surface area contributed by atoms with E-state index in [1.807, 2.05) is 0 Å². The van der Waals surface area contributed by atoms with Crippen LogP contribution in [0.25, 0.3) is 0 Å². The van der Waals surface area contributed by atoms with Crippen LogP contribution in [0.4, 0.5) is 4.39 Å². The van der Waals surface area contributed by atoms with E-state index < -0.39 is 0 Å². The van der Waals surface area contributed by atoms with Gasteiger partial charge in [-0.3, -0.25) is 0 Å². The number of benzene rings is 1. The highest BCUT2D eigenvalue weighted by Gasteiger charge is 1.94. The fraction of sp³-hybridized carbons (Fsp3) is 0.111. The Balaban J connectivity index is 2.74.